The number of nitrogens with zero attached hydrogens (tertiary/aromatic N) is 2. The summed E-state index contributed by atoms with van der Waals surface area (Å²) in [4.78, 5) is 10.9. The molecule has 0 aliphatic carbocycles. The molecule has 0 fully saturated rings. The highest BCUT2D eigenvalue weighted by Crippen LogP contribution is 2.33. The summed E-state index contributed by atoms with van der Waals surface area (Å²) in [5.41, 5.74) is 3.79. The average Bonchev–Trinajstić information content (AvgIpc) is 2.62. The summed E-state index contributed by atoms with van der Waals surface area (Å²) in [6.45, 7) is 6.07. The van der Waals surface area contributed by atoms with E-state index in [9.17, 15) is 13.6 Å². The fraction of sp³-hybridized carbons (Fsp3) is 0.250. The highest BCUT2D eigenvalue weighted by atomic mass is 32.2. The first kappa shape index (κ1) is 19.9. The second kappa shape index (κ2) is 8.04. The molecule has 8 heteroatoms. The second-order valence-corrected chi connectivity index (χ2v) is 8.33. The Morgan fingerprint density at radius 1 is 1.07 bits per heavy atom. The van der Waals surface area contributed by atoms with E-state index in [2.05, 4.69) is 20.8 Å². The molecule has 0 saturated carbocycles. The molecule has 0 aliphatic heterocycles. The second-order valence-electron chi connectivity index (χ2n) is 7.44. The maximum atomic E-state index is 10.9. The van der Waals surface area contributed by atoms with Crippen molar-refractivity contribution in [2.75, 3.05) is 10.6 Å². The molecule has 0 radical (unpaired) electrons. The largest absolute Gasteiger partial charge is 0.772 e. The minimum Gasteiger partial charge on any atom is -0.772 e. The summed E-state index contributed by atoms with van der Waals surface area (Å²) >= 11 is -2.11. The van der Waals surface area contributed by atoms with Crippen LogP contribution in [0.2, 0.25) is 0 Å². The van der Waals surface area contributed by atoms with Crippen LogP contribution in [0.4, 0.5) is 11.5 Å². The third-order valence-corrected chi connectivity index (χ3v) is 4.60. The highest BCUT2D eigenvalue weighted by Gasteiger charge is 2.17. The fourth-order valence-electron chi connectivity index (χ4n) is 2.87. The van der Waals surface area contributed by atoms with Crippen molar-refractivity contribution < 1.29 is 13.6 Å². The predicted octanol–water partition coefficient (Wildman–Crippen LogP) is 3.45. The van der Waals surface area contributed by atoms with E-state index in [0.717, 1.165) is 22.1 Å². The van der Waals surface area contributed by atoms with Gasteiger partial charge in [-0.15, -0.1) is 10.2 Å². The van der Waals surface area contributed by atoms with Gasteiger partial charge in [-0.1, -0.05) is 41.4 Å². The molecular formula is C20H21N4O3S-. The minimum absolute atomic E-state index is 0.00217. The zero-order valence-electron chi connectivity index (χ0n) is 15.9. The van der Waals surface area contributed by atoms with Gasteiger partial charge in [0, 0.05) is 16.7 Å². The molecule has 1 aromatic heterocycles. The molecule has 1 unspecified atom stereocenters. The van der Waals surface area contributed by atoms with Crippen molar-refractivity contribution in [1.29, 1.82) is 0 Å². The van der Waals surface area contributed by atoms with Crippen molar-refractivity contribution in [3.63, 3.8) is 0 Å². The number of anilines is 2. The maximum Gasteiger partial charge on any atom is 0.212 e. The summed E-state index contributed by atoms with van der Waals surface area (Å²) in [6, 6.07) is 13.2. The third-order valence-electron chi connectivity index (χ3n) is 4.03. The standard InChI is InChI=1S/C20H22N4O3S/c1-20(2,3)22-18-16-9-8-15(10-17(16)23-24-19(18)21-12-25)14-6-4-13(5-7-14)11-28(26)27/h4-10,12H,11H2,1-3H3,(H,22,23)(H,26,27)(H,21,24,25)/p-1. The Labute approximate surface area is 165 Å². The number of benzene rings is 2. The lowest BCUT2D eigenvalue weighted by atomic mass is 10.0. The maximum absolute atomic E-state index is 10.9. The van der Waals surface area contributed by atoms with Crippen LogP contribution in [0.25, 0.3) is 22.0 Å². The van der Waals surface area contributed by atoms with Gasteiger partial charge in [-0.3, -0.25) is 9.00 Å². The Hall–Kier alpha value is -2.84. The summed E-state index contributed by atoms with van der Waals surface area (Å²) < 4.78 is 21.7. The van der Waals surface area contributed by atoms with Gasteiger partial charge in [0.1, 0.15) is 0 Å². The number of carbonyl (C=O) groups is 1. The smallest absolute Gasteiger partial charge is 0.212 e. The molecule has 3 aromatic rings. The van der Waals surface area contributed by atoms with Gasteiger partial charge < -0.3 is 15.2 Å². The summed E-state index contributed by atoms with van der Waals surface area (Å²) in [7, 11) is 0. The van der Waals surface area contributed by atoms with E-state index < -0.39 is 11.1 Å². The van der Waals surface area contributed by atoms with Crippen LogP contribution in [0.1, 0.15) is 26.3 Å². The lowest BCUT2D eigenvalue weighted by Crippen LogP contribution is -2.27. The van der Waals surface area contributed by atoms with Crippen LogP contribution in [-0.4, -0.2) is 30.9 Å². The van der Waals surface area contributed by atoms with Crippen LogP contribution >= 0.6 is 0 Å². The molecule has 3 rings (SSSR count). The molecule has 1 amide bonds. The molecule has 146 valence electrons. The van der Waals surface area contributed by atoms with Gasteiger partial charge >= 0.3 is 0 Å². The van der Waals surface area contributed by atoms with Crippen LogP contribution in [-0.2, 0) is 21.6 Å². The molecule has 0 bridgehead atoms. The number of amides is 1. The van der Waals surface area contributed by atoms with Gasteiger partial charge in [-0.2, -0.15) is 0 Å². The summed E-state index contributed by atoms with van der Waals surface area (Å²) in [6.07, 6.45) is 0.578. The van der Waals surface area contributed by atoms with Crippen LogP contribution in [0, 0.1) is 0 Å². The SMILES string of the molecule is CC(C)(C)Nc1c(NC=O)nnc2cc(-c3ccc(CS(=O)[O-])cc3)ccc12. The molecule has 0 spiro atoms. The molecule has 0 aliphatic rings. The molecule has 1 heterocycles. The first-order chi connectivity index (χ1) is 13.3. The van der Waals surface area contributed by atoms with E-state index in [1.54, 1.807) is 12.1 Å². The van der Waals surface area contributed by atoms with Gasteiger partial charge in [-0.25, -0.2) is 0 Å². The Morgan fingerprint density at radius 2 is 1.75 bits per heavy atom. The zero-order valence-corrected chi connectivity index (χ0v) is 16.7. The number of nitrogens with one attached hydrogen (secondary N) is 2. The average molecular weight is 397 g/mol. The predicted molar refractivity (Wildman–Crippen MR) is 111 cm³/mol. The summed E-state index contributed by atoms with van der Waals surface area (Å²) in [5, 5.41) is 15.2. The molecule has 0 saturated heterocycles. The van der Waals surface area contributed by atoms with Gasteiger partial charge in [0.25, 0.3) is 0 Å². The lowest BCUT2D eigenvalue weighted by Gasteiger charge is -2.24. The van der Waals surface area contributed by atoms with Crippen LogP contribution in [0.3, 0.4) is 0 Å². The van der Waals surface area contributed by atoms with Gasteiger partial charge in [0.05, 0.1) is 11.2 Å². The van der Waals surface area contributed by atoms with E-state index in [1.807, 2.05) is 51.1 Å². The van der Waals surface area contributed by atoms with Crippen molar-refractivity contribution in [2.45, 2.75) is 32.1 Å². The minimum atomic E-state index is -2.11. The highest BCUT2D eigenvalue weighted by molar-refractivity contribution is 7.78. The molecule has 2 N–H and O–H groups in total. The lowest BCUT2D eigenvalue weighted by molar-refractivity contribution is -0.105. The van der Waals surface area contributed by atoms with Crippen LogP contribution < -0.4 is 10.6 Å². The Bertz CT molecular complexity index is 1030. The third kappa shape index (κ3) is 4.71. The fourth-order valence-corrected chi connectivity index (χ4v) is 3.34. The first-order valence-electron chi connectivity index (χ1n) is 8.71. The number of hydrogen-bond acceptors (Lipinski definition) is 6. The normalized spacial score (nSPS) is 12.6. The van der Waals surface area contributed by atoms with E-state index in [-0.39, 0.29) is 11.3 Å². The Morgan fingerprint density at radius 3 is 2.36 bits per heavy atom. The van der Waals surface area contributed by atoms with Crippen molar-refractivity contribution >= 4 is 39.9 Å². The molecular weight excluding hydrogens is 376 g/mol. The van der Waals surface area contributed by atoms with Gasteiger partial charge in [0.15, 0.2) is 5.82 Å². The monoisotopic (exact) mass is 397 g/mol. The Balaban J connectivity index is 2.03. The van der Waals surface area contributed by atoms with Crippen LogP contribution in [0.5, 0.6) is 0 Å². The Kier molecular flexibility index (Phi) is 5.71. The molecule has 28 heavy (non-hydrogen) atoms. The zero-order chi connectivity index (χ0) is 20.3. The quantitative estimate of drug-likeness (QED) is 0.487. The van der Waals surface area contributed by atoms with E-state index in [0.29, 0.717) is 23.4 Å². The molecule has 1 atom stereocenters. The van der Waals surface area contributed by atoms with Gasteiger partial charge in [0.2, 0.25) is 6.41 Å². The van der Waals surface area contributed by atoms with Crippen molar-refractivity contribution in [1.82, 2.24) is 10.2 Å². The molecule has 7 nitrogen and oxygen atoms in total. The topological polar surface area (TPSA) is 107 Å². The molecule has 2 aromatic carbocycles. The van der Waals surface area contributed by atoms with Crippen molar-refractivity contribution in [3.05, 3.63) is 48.0 Å². The van der Waals surface area contributed by atoms with Gasteiger partial charge in [-0.05, 0) is 49.6 Å². The van der Waals surface area contributed by atoms with E-state index in [1.165, 1.54) is 0 Å². The van der Waals surface area contributed by atoms with E-state index in [4.69, 9.17) is 0 Å². The van der Waals surface area contributed by atoms with Crippen LogP contribution in [0.15, 0.2) is 42.5 Å². The number of rotatable bonds is 6. The van der Waals surface area contributed by atoms with E-state index >= 15 is 0 Å². The number of carbonyl (C=O) groups excluding carboxylic acids is 1. The first-order valence-corrected chi connectivity index (χ1v) is 9.95. The summed E-state index contributed by atoms with van der Waals surface area (Å²) in [5.74, 6) is 0.373. The number of hydrogen-bond donors (Lipinski definition) is 2. The van der Waals surface area contributed by atoms with Crippen molar-refractivity contribution in [3.8, 4) is 11.1 Å². The van der Waals surface area contributed by atoms with Crippen molar-refractivity contribution in [2.24, 2.45) is 0 Å². The number of aromatic nitrogens is 2. The number of fused-ring (bicyclic) bond motifs is 1.